The van der Waals surface area contributed by atoms with Crippen LogP contribution in [0.1, 0.15) is 10.4 Å². The molecule has 0 saturated carbocycles. The molecule has 5 nitrogen and oxygen atoms in total. The van der Waals surface area contributed by atoms with Crippen molar-refractivity contribution in [3.8, 4) is 11.1 Å². The van der Waals surface area contributed by atoms with Crippen LogP contribution >= 0.6 is 0 Å². The summed E-state index contributed by atoms with van der Waals surface area (Å²) in [6.07, 6.45) is 0. The highest BCUT2D eigenvalue weighted by molar-refractivity contribution is 7.89. The molecule has 0 radical (unpaired) electrons. The monoisotopic (exact) mass is 305 g/mol. The van der Waals surface area contributed by atoms with Gasteiger partial charge in [-0.25, -0.2) is 17.5 Å². The predicted molar refractivity (Wildman–Crippen MR) is 79.7 cm³/mol. The van der Waals surface area contributed by atoms with Crippen LogP contribution < -0.4 is 0 Å². The fraction of sp³-hybridized carbons (Fsp3) is 0.133. The Morgan fingerprint density at radius 1 is 0.905 bits per heavy atom. The Morgan fingerprint density at radius 2 is 1.33 bits per heavy atom. The van der Waals surface area contributed by atoms with E-state index in [0.717, 1.165) is 15.4 Å². The zero-order valence-corrected chi connectivity index (χ0v) is 12.5. The molecule has 110 valence electrons. The van der Waals surface area contributed by atoms with E-state index < -0.39 is 16.0 Å². The number of carboxylic acid groups (broad SMARTS) is 1. The summed E-state index contributed by atoms with van der Waals surface area (Å²) >= 11 is 0. The second-order valence-electron chi connectivity index (χ2n) is 4.69. The molecule has 0 saturated heterocycles. The number of hydrogen-bond donors (Lipinski definition) is 1. The van der Waals surface area contributed by atoms with Gasteiger partial charge in [0, 0.05) is 14.1 Å². The Balaban J connectivity index is 2.33. The predicted octanol–water partition coefficient (Wildman–Crippen LogP) is 2.30. The van der Waals surface area contributed by atoms with Crippen molar-refractivity contribution < 1.29 is 18.3 Å². The molecule has 2 aromatic carbocycles. The normalized spacial score (nSPS) is 11.6. The van der Waals surface area contributed by atoms with E-state index in [-0.39, 0.29) is 10.5 Å². The van der Waals surface area contributed by atoms with Crippen molar-refractivity contribution in [1.29, 1.82) is 0 Å². The largest absolute Gasteiger partial charge is 0.478 e. The van der Waals surface area contributed by atoms with Gasteiger partial charge in [-0.1, -0.05) is 24.3 Å². The van der Waals surface area contributed by atoms with Gasteiger partial charge in [0.25, 0.3) is 0 Å². The average molecular weight is 305 g/mol. The first kappa shape index (κ1) is 15.2. The molecule has 0 amide bonds. The summed E-state index contributed by atoms with van der Waals surface area (Å²) in [6.45, 7) is 0. The van der Waals surface area contributed by atoms with Crippen LogP contribution in [0.25, 0.3) is 11.1 Å². The maximum atomic E-state index is 12.0. The molecule has 0 spiro atoms. The first-order chi connectivity index (χ1) is 9.82. The number of sulfonamides is 1. The van der Waals surface area contributed by atoms with Crippen molar-refractivity contribution in [3.05, 3.63) is 54.1 Å². The molecule has 21 heavy (non-hydrogen) atoms. The van der Waals surface area contributed by atoms with Gasteiger partial charge in [-0.2, -0.15) is 0 Å². The molecule has 0 aliphatic rings. The van der Waals surface area contributed by atoms with Crippen molar-refractivity contribution in [2.45, 2.75) is 4.90 Å². The summed E-state index contributed by atoms with van der Waals surface area (Å²) in [7, 11) is -0.478. The van der Waals surface area contributed by atoms with Gasteiger partial charge in [0.1, 0.15) is 0 Å². The molecule has 2 rings (SSSR count). The second-order valence-corrected chi connectivity index (χ2v) is 6.85. The number of carbonyl (C=O) groups is 1. The lowest BCUT2D eigenvalue weighted by Crippen LogP contribution is -2.22. The topological polar surface area (TPSA) is 74.7 Å². The summed E-state index contributed by atoms with van der Waals surface area (Å²) in [5.41, 5.74) is 1.86. The minimum Gasteiger partial charge on any atom is -0.478 e. The highest BCUT2D eigenvalue weighted by Gasteiger charge is 2.16. The fourth-order valence-electron chi connectivity index (χ4n) is 1.84. The van der Waals surface area contributed by atoms with E-state index in [9.17, 15) is 13.2 Å². The van der Waals surface area contributed by atoms with Gasteiger partial charge >= 0.3 is 5.97 Å². The highest BCUT2D eigenvalue weighted by Crippen LogP contribution is 2.22. The molecule has 1 N–H and O–H groups in total. The van der Waals surface area contributed by atoms with Crippen LogP contribution in [0.2, 0.25) is 0 Å². The number of nitrogens with zero attached hydrogens (tertiary/aromatic N) is 1. The SMILES string of the molecule is CN(C)S(=O)(=O)c1ccc(-c2ccc(C(=O)O)cc2)cc1. The van der Waals surface area contributed by atoms with Gasteiger partial charge < -0.3 is 5.11 Å². The average Bonchev–Trinajstić information content (AvgIpc) is 2.47. The van der Waals surface area contributed by atoms with Gasteiger partial charge in [-0.3, -0.25) is 0 Å². The van der Waals surface area contributed by atoms with Gasteiger partial charge in [-0.15, -0.1) is 0 Å². The molecule has 0 aliphatic heterocycles. The Kier molecular flexibility index (Phi) is 4.11. The molecule has 0 fully saturated rings. The van der Waals surface area contributed by atoms with E-state index in [4.69, 9.17) is 5.11 Å². The van der Waals surface area contributed by atoms with Crippen LogP contribution in [0, 0.1) is 0 Å². The lowest BCUT2D eigenvalue weighted by molar-refractivity contribution is 0.0697. The first-order valence-electron chi connectivity index (χ1n) is 6.18. The van der Waals surface area contributed by atoms with Crippen LogP contribution in [0.5, 0.6) is 0 Å². The summed E-state index contributed by atoms with van der Waals surface area (Å²) in [5, 5.41) is 8.85. The second kappa shape index (κ2) is 5.67. The molecule has 2 aromatic rings. The number of carboxylic acids is 1. The Labute approximate surface area is 123 Å². The van der Waals surface area contributed by atoms with E-state index in [1.54, 1.807) is 24.3 Å². The molecular weight excluding hydrogens is 290 g/mol. The van der Waals surface area contributed by atoms with Crippen LogP contribution in [0.3, 0.4) is 0 Å². The molecular formula is C15H15NO4S. The quantitative estimate of drug-likeness (QED) is 0.940. The molecule has 0 heterocycles. The van der Waals surface area contributed by atoms with E-state index in [1.165, 1.54) is 38.4 Å². The van der Waals surface area contributed by atoms with E-state index in [2.05, 4.69) is 0 Å². The van der Waals surface area contributed by atoms with Crippen LogP contribution in [-0.4, -0.2) is 37.9 Å². The number of aromatic carboxylic acids is 1. The van der Waals surface area contributed by atoms with E-state index in [1.807, 2.05) is 0 Å². The fourth-order valence-corrected chi connectivity index (χ4v) is 2.74. The summed E-state index contributed by atoms with van der Waals surface area (Å²) in [4.78, 5) is 11.0. The maximum absolute atomic E-state index is 12.0. The molecule has 0 atom stereocenters. The van der Waals surface area contributed by atoms with Crippen LogP contribution in [0.4, 0.5) is 0 Å². The summed E-state index contributed by atoms with van der Waals surface area (Å²) < 4.78 is 25.1. The zero-order chi connectivity index (χ0) is 15.6. The third kappa shape index (κ3) is 3.12. The Hall–Kier alpha value is -2.18. The van der Waals surface area contributed by atoms with Gasteiger partial charge in [0.15, 0.2) is 0 Å². The molecule has 0 aliphatic carbocycles. The van der Waals surface area contributed by atoms with Crippen molar-refractivity contribution in [3.63, 3.8) is 0 Å². The third-order valence-corrected chi connectivity index (χ3v) is 4.93. The minimum absolute atomic E-state index is 0.213. The summed E-state index contributed by atoms with van der Waals surface area (Å²) in [6, 6.07) is 12.9. The number of benzene rings is 2. The lowest BCUT2D eigenvalue weighted by atomic mass is 10.0. The van der Waals surface area contributed by atoms with Gasteiger partial charge in [0.05, 0.1) is 10.5 Å². The maximum Gasteiger partial charge on any atom is 0.335 e. The molecule has 0 bridgehead atoms. The molecule has 6 heteroatoms. The Morgan fingerprint density at radius 3 is 1.71 bits per heavy atom. The summed E-state index contributed by atoms with van der Waals surface area (Å²) in [5.74, 6) is -0.978. The highest BCUT2D eigenvalue weighted by atomic mass is 32.2. The van der Waals surface area contributed by atoms with Crippen LogP contribution in [-0.2, 0) is 10.0 Å². The van der Waals surface area contributed by atoms with Crippen molar-refractivity contribution >= 4 is 16.0 Å². The standard InChI is InChI=1S/C15H15NO4S/c1-16(2)21(19,20)14-9-7-12(8-10-14)11-3-5-13(6-4-11)15(17)18/h3-10H,1-2H3,(H,17,18). The van der Waals surface area contributed by atoms with Crippen molar-refractivity contribution in [1.82, 2.24) is 4.31 Å². The van der Waals surface area contributed by atoms with E-state index >= 15 is 0 Å². The van der Waals surface area contributed by atoms with E-state index in [0.29, 0.717) is 0 Å². The number of hydrogen-bond acceptors (Lipinski definition) is 3. The molecule has 0 aromatic heterocycles. The smallest absolute Gasteiger partial charge is 0.335 e. The number of rotatable bonds is 4. The van der Waals surface area contributed by atoms with Crippen LogP contribution in [0.15, 0.2) is 53.4 Å². The third-order valence-electron chi connectivity index (χ3n) is 3.10. The van der Waals surface area contributed by atoms with Crippen molar-refractivity contribution in [2.75, 3.05) is 14.1 Å². The zero-order valence-electron chi connectivity index (χ0n) is 11.6. The minimum atomic E-state index is -3.44. The lowest BCUT2D eigenvalue weighted by Gasteiger charge is -2.11. The van der Waals surface area contributed by atoms with Gasteiger partial charge in [0.2, 0.25) is 10.0 Å². The molecule has 0 unspecified atom stereocenters. The van der Waals surface area contributed by atoms with Crippen molar-refractivity contribution in [2.24, 2.45) is 0 Å². The Bertz CT molecular complexity index is 747. The first-order valence-corrected chi connectivity index (χ1v) is 7.62. The van der Waals surface area contributed by atoms with Gasteiger partial charge in [-0.05, 0) is 35.4 Å².